The molecule has 0 heterocycles. The number of rotatable bonds is 7. The third kappa shape index (κ3) is 3.90. The first-order chi connectivity index (χ1) is 13.1. The van der Waals surface area contributed by atoms with Crippen molar-refractivity contribution in [3.05, 3.63) is 35.9 Å². The number of carbonyl (C=O) groups is 2. The van der Waals surface area contributed by atoms with E-state index in [-0.39, 0.29) is 17.3 Å². The monoisotopic (exact) mass is 369 g/mol. The van der Waals surface area contributed by atoms with E-state index in [0.717, 1.165) is 49.9 Å². The molecule has 4 bridgehead atoms. The van der Waals surface area contributed by atoms with Gasteiger partial charge in [-0.1, -0.05) is 30.3 Å². The van der Waals surface area contributed by atoms with Gasteiger partial charge < -0.3 is 10.1 Å². The van der Waals surface area contributed by atoms with Crippen LogP contribution >= 0.6 is 0 Å². The molecule has 0 radical (unpaired) electrons. The Bertz CT molecular complexity index is 649. The quantitative estimate of drug-likeness (QED) is 0.742. The fourth-order valence-electron chi connectivity index (χ4n) is 6.25. The van der Waals surface area contributed by atoms with E-state index >= 15 is 0 Å². The van der Waals surface area contributed by atoms with Crippen molar-refractivity contribution in [1.82, 2.24) is 5.32 Å². The first kappa shape index (κ1) is 18.5. The second-order valence-corrected chi connectivity index (χ2v) is 9.12. The predicted molar refractivity (Wildman–Crippen MR) is 104 cm³/mol. The van der Waals surface area contributed by atoms with Gasteiger partial charge in [-0.05, 0) is 81.1 Å². The zero-order valence-corrected chi connectivity index (χ0v) is 16.3. The van der Waals surface area contributed by atoms with E-state index in [4.69, 9.17) is 4.74 Å². The number of esters is 1. The van der Waals surface area contributed by atoms with Crippen LogP contribution in [-0.2, 0) is 20.7 Å². The fourth-order valence-corrected chi connectivity index (χ4v) is 6.25. The van der Waals surface area contributed by atoms with Crippen LogP contribution in [-0.4, -0.2) is 25.0 Å². The molecule has 27 heavy (non-hydrogen) atoms. The lowest BCUT2D eigenvalue weighted by Gasteiger charge is -2.55. The minimum absolute atomic E-state index is 0.108. The van der Waals surface area contributed by atoms with Gasteiger partial charge >= 0.3 is 5.97 Å². The predicted octanol–water partition coefficient (Wildman–Crippen LogP) is 3.88. The summed E-state index contributed by atoms with van der Waals surface area (Å²) in [6.07, 6.45) is 9.36. The van der Waals surface area contributed by atoms with Gasteiger partial charge in [0, 0.05) is 5.41 Å². The molecule has 4 saturated carbocycles. The zero-order valence-electron chi connectivity index (χ0n) is 16.3. The topological polar surface area (TPSA) is 55.4 Å². The van der Waals surface area contributed by atoms with Gasteiger partial charge in [-0.25, -0.2) is 4.79 Å². The summed E-state index contributed by atoms with van der Waals surface area (Å²) in [5, 5.41) is 3.10. The molecule has 4 fully saturated rings. The number of hydrogen-bond acceptors (Lipinski definition) is 3. The number of benzene rings is 1. The Morgan fingerprint density at radius 2 is 1.67 bits per heavy atom. The average Bonchev–Trinajstić information content (AvgIpc) is 2.66. The largest absolute Gasteiger partial charge is 0.467 e. The molecule has 4 nitrogen and oxygen atoms in total. The molecule has 5 rings (SSSR count). The Morgan fingerprint density at radius 3 is 2.22 bits per heavy atom. The highest BCUT2D eigenvalue weighted by molar-refractivity contribution is 5.88. The van der Waals surface area contributed by atoms with Crippen LogP contribution in [0.4, 0.5) is 0 Å². The molecule has 0 aliphatic heterocycles. The standard InChI is InChI=1S/C23H31NO3/c1-27-21(25)20(9-5-8-16-6-3-2-4-7-16)24-22(26)23-13-17-10-18(14-23)12-19(11-17)15-23/h2-4,6-7,17-20H,5,8-15H2,1H3,(H,24,26)/t17?,18?,19?,20-,23?/m0/s1. The number of amides is 1. The van der Waals surface area contributed by atoms with E-state index in [1.54, 1.807) is 0 Å². The van der Waals surface area contributed by atoms with Crippen LogP contribution < -0.4 is 5.32 Å². The van der Waals surface area contributed by atoms with Crippen LogP contribution in [0.15, 0.2) is 30.3 Å². The summed E-state index contributed by atoms with van der Waals surface area (Å²) in [4.78, 5) is 25.5. The van der Waals surface area contributed by atoms with Gasteiger partial charge in [0.15, 0.2) is 0 Å². The third-order valence-corrected chi connectivity index (χ3v) is 7.11. The Labute approximate surface area is 162 Å². The molecule has 0 spiro atoms. The molecule has 1 N–H and O–H groups in total. The molecule has 0 aromatic heterocycles. The minimum Gasteiger partial charge on any atom is -0.467 e. The van der Waals surface area contributed by atoms with Crippen molar-refractivity contribution in [3.8, 4) is 0 Å². The van der Waals surface area contributed by atoms with Gasteiger partial charge in [-0.15, -0.1) is 0 Å². The van der Waals surface area contributed by atoms with Crippen LogP contribution in [0, 0.1) is 23.2 Å². The fraction of sp³-hybridized carbons (Fsp3) is 0.652. The summed E-state index contributed by atoms with van der Waals surface area (Å²) < 4.78 is 4.98. The van der Waals surface area contributed by atoms with Crippen molar-refractivity contribution in [1.29, 1.82) is 0 Å². The molecule has 1 amide bonds. The zero-order chi connectivity index (χ0) is 18.9. The maximum Gasteiger partial charge on any atom is 0.328 e. The van der Waals surface area contributed by atoms with E-state index in [1.807, 2.05) is 18.2 Å². The number of nitrogens with one attached hydrogen (secondary N) is 1. The Balaban J connectivity index is 1.38. The van der Waals surface area contributed by atoms with Gasteiger partial charge in [0.1, 0.15) is 6.04 Å². The first-order valence-electron chi connectivity index (χ1n) is 10.5. The van der Waals surface area contributed by atoms with Gasteiger partial charge in [0.25, 0.3) is 0 Å². The summed E-state index contributed by atoms with van der Waals surface area (Å²) >= 11 is 0. The van der Waals surface area contributed by atoms with Crippen molar-refractivity contribution in [2.75, 3.05) is 7.11 Å². The number of carbonyl (C=O) groups excluding carboxylic acids is 2. The maximum absolute atomic E-state index is 13.2. The van der Waals surface area contributed by atoms with Crippen LogP contribution in [0.1, 0.15) is 56.9 Å². The molecule has 4 aliphatic carbocycles. The normalized spacial score (nSPS) is 32.1. The highest BCUT2D eigenvalue weighted by Gasteiger charge is 2.54. The molecule has 1 atom stereocenters. The second-order valence-electron chi connectivity index (χ2n) is 9.12. The Morgan fingerprint density at radius 1 is 1.07 bits per heavy atom. The molecule has 146 valence electrons. The van der Waals surface area contributed by atoms with Crippen molar-refractivity contribution in [2.45, 2.75) is 63.8 Å². The van der Waals surface area contributed by atoms with Crippen molar-refractivity contribution >= 4 is 11.9 Å². The van der Waals surface area contributed by atoms with Crippen LogP contribution in [0.2, 0.25) is 0 Å². The number of ether oxygens (including phenoxy) is 1. The minimum atomic E-state index is -0.529. The van der Waals surface area contributed by atoms with Gasteiger partial charge in [0.2, 0.25) is 5.91 Å². The van der Waals surface area contributed by atoms with Crippen LogP contribution in [0.5, 0.6) is 0 Å². The van der Waals surface area contributed by atoms with Crippen molar-refractivity contribution < 1.29 is 14.3 Å². The van der Waals surface area contributed by atoms with Gasteiger partial charge in [-0.3, -0.25) is 4.79 Å². The smallest absolute Gasteiger partial charge is 0.328 e. The molecule has 0 unspecified atom stereocenters. The molecule has 1 aromatic carbocycles. The molecular formula is C23H31NO3. The second kappa shape index (κ2) is 7.65. The van der Waals surface area contributed by atoms with E-state index < -0.39 is 6.04 Å². The van der Waals surface area contributed by atoms with E-state index in [0.29, 0.717) is 6.42 Å². The van der Waals surface area contributed by atoms with Gasteiger partial charge in [-0.2, -0.15) is 0 Å². The molecule has 1 aromatic rings. The highest BCUT2D eigenvalue weighted by atomic mass is 16.5. The first-order valence-corrected chi connectivity index (χ1v) is 10.5. The summed E-state index contributed by atoms with van der Waals surface area (Å²) in [6.45, 7) is 0. The SMILES string of the molecule is COC(=O)[C@H](CCCc1ccccc1)NC(=O)C12CC3CC(CC(C3)C1)C2. The maximum atomic E-state index is 13.2. The number of hydrogen-bond donors (Lipinski definition) is 1. The summed E-state index contributed by atoms with van der Waals surface area (Å²) in [5.41, 5.74) is 1.04. The lowest BCUT2D eigenvalue weighted by atomic mass is 9.49. The lowest BCUT2D eigenvalue weighted by molar-refractivity contribution is -0.153. The highest BCUT2D eigenvalue weighted by Crippen LogP contribution is 2.60. The molecular weight excluding hydrogens is 338 g/mol. The number of methoxy groups -OCH3 is 1. The van der Waals surface area contributed by atoms with Crippen molar-refractivity contribution in [3.63, 3.8) is 0 Å². The average molecular weight is 370 g/mol. The van der Waals surface area contributed by atoms with Crippen molar-refractivity contribution in [2.24, 2.45) is 23.2 Å². The Kier molecular flexibility index (Phi) is 5.25. The molecule has 4 heteroatoms. The summed E-state index contributed by atoms with van der Waals surface area (Å²) in [6, 6.07) is 9.73. The third-order valence-electron chi connectivity index (χ3n) is 7.11. The van der Waals surface area contributed by atoms with E-state index in [1.165, 1.54) is 31.9 Å². The summed E-state index contributed by atoms with van der Waals surface area (Å²) in [5.74, 6) is 1.95. The number of aryl methyl sites for hydroxylation is 1. The lowest BCUT2D eigenvalue weighted by Crippen LogP contribution is -2.56. The summed E-state index contributed by atoms with van der Waals surface area (Å²) in [7, 11) is 1.41. The Hall–Kier alpha value is -1.84. The van der Waals surface area contributed by atoms with Crippen LogP contribution in [0.25, 0.3) is 0 Å². The molecule has 4 aliphatic rings. The molecule has 0 saturated heterocycles. The van der Waals surface area contributed by atoms with Crippen LogP contribution in [0.3, 0.4) is 0 Å². The van der Waals surface area contributed by atoms with Gasteiger partial charge in [0.05, 0.1) is 7.11 Å². The van der Waals surface area contributed by atoms with E-state index in [9.17, 15) is 9.59 Å². The van der Waals surface area contributed by atoms with E-state index in [2.05, 4.69) is 17.4 Å².